The summed E-state index contributed by atoms with van der Waals surface area (Å²) >= 11 is 6.82. The van der Waals surface area contributed by atoms with E-state index in [2.05, 4.69) is 107 Å². The molecule has 0 aliphatic heterocycles. The van der Waals surface area contributed by atoms with Gasteiger partial charge in [0.1, 0.15) is 11.2 Å². The van der Waals surface area contributed by atoms with Gasteiger partial charge in [0.25, 0.3) is 0 Å². The van der Waals surface area contributed by atoms with Gasteiger partial charge in [-0.2, -0.15) is 0 Å². The summed E-state index contributed by atoms with van der Waals surface area (Å²) in [7, 11) is 0. The van der Waals surface area contributed by atoms with Gasteiger partial charge in [0.05, 0.1) is 11.1 Å². The minimum Gasteiger partial charge on any atom is -0.371 e. The molecule has 7 heteroatoms. The number of benzene rings is 2. The molecule has 0 aliphatic rings. The zero-order valence-electron chi connectivity index (χ0n) is 21.9. The van der Waals surface area contributed by atoms with Gasteiger partial charge in [-0.1, -0.05) is 50.1 Å². The average Bonchev–Trinajstić information content (AvgIpc) is 3.24. The van der Waals surface area contributed by atoms with E-state index in [0.29, 0.717) is 11.0 Å². The van der Waals surface area contributed by atoms with Crippen molar-refractivity contribution in [3.63, 3.8) is 0 Å². The van der Waals surface area contributed by atoms with Crippen molar-refractivity contribution >= 4 is 28.2 Å². The molecule has 0 amide bonds. The fraction of sp³-hybridized carbons (Fsp3) is 0.429. The van der Waals surface area contributed by atoms with Crippen molar-refractivity contribution in [1.29, 1.82) is 0 Å². The molecule has 35 heavy (non-hydrogen) atoms. The number of anilines is 1. The first kappa shape index (κ1) is 25.1. The molecule has 4 aromatic rings. The molecule has 1 unspecified atom stereocenters. The molecule has 1 atom stereocenters. The number of hydrogen-bond acceptors (Lipinski definition) is 5. The third-order valence-corrected chi connectivity index (χ3v) is 6.67. The largest absolute Gasteiger partial charge is 0.371 e. The van der Waals surface area contributed by atoms with Gasteiger partial charge in [-0.05, 0) is 98.3 Å². The first-order chi connectivity index (χ1) is 16.3. The van der Waals surface area contributed by atoms with E-state index in [-0.39, 0.29) is 11.0 Å². The van der Waals surface area contributed by atoms with E-state index >= 15 is 0 Å². The van der Waals surface area contributed by atoms with Crippen LogP contribution in [-0.4, -0.2) is 25.2 Å². The number of halogens is 1. The van der Waals surface area contributed by atoms with Crippen molar-refractivity contribution in [3.8, 4) is 0 Å². The maximum atomic E-state index is 6.82. The van der Waals surface area contributed by atoms with Crippen LogP contribution in [0.25, 0.3) is 10.9 Å². The quantitative estimate of drug-likeness (QED) is 0.290. The van der Waals surface area contributed by atoms with E-state index in [1.54, 1.807) is 0 Å². The van der Waals surface area contributed by atoms with Gasteiger partial charge >= 0.3 is 0 Å². The minimum atomic E-state index is -0.392. The number of pyridine rings is 1. The average molecular weight is 491 g/mol. The maximum absolute atomic E-state index is 6.82. The van der Waals surface area contributed by atoms with Crippen LogP contribution in [0.5, 0.6) is 0 Å². The Hall–Kier alpha value is -2.99. The van der Waals surface area contributed by atoms with Crippen LogP contribution < -0.4 is 5.32 Å². The molecular weight excluding hydrogens is 456 g/mol. The molecule has 0 radical (unpaired) electrons. The van der Waals surface area contributed by atoms with Gasteiger partial charge in [0.2, 0.25) is 0 Å². The second-order valence-electron chi connectivity index (χ2n) is 11.4. The maximum Gasteiger partial charge on any atom is 0.178 e. The number of hydrogen-bond donors (Lipinski definition) is 1. The van der Waals surface area contributed by atoms with Crippen LogP contribution in [0.1, 0.15) is 75.2 Å². The summed E-state index contributed by atoms with van der Waals surface area (Å²) in [6.07, 6.45) is 0.900. The Morgan fingerprint density at radius 1 is 0.943 bits per heavy atom. The van der Waals surface area contributed by atoms with Gasteiger partial charge in [-0.3, -0.25) is 0 Å². The molecule has 6 nitrogen and oxygen atoms in total. The molecule has 0 bridgehead atoms. The summed E-state index contributed by atoms with van der Waals surface area (Å²) in [5.41, 5.74) is 6.08. The summed E-state index contributed by atoms with van der Waals surface area (Å²) in [5, 5.41) is 18.2. The fourth-order valence-electron chi connectivity index (χ4n) is 4.95. The molecule has 2 aromatic heterocycles. The topological polar surface area (TPSA) is 68.5 Å². The van der Waals surface area contributed by atoms with Crippen LogP contribution in [0, 0.1) is 26.2 Å². The molecule has 0 fully saturated rings. The van der Waals surface area contributed by atoms with Crippen molar-refractivity contribution in [1.82, 2.24) is 25.2 Å². The second-order valence-corrected chi connectivity index (χ2v) is 11.8. The van der Waals surface area contributed by atoms with Gasteiger partial charge in [-0.25, -0.2) is 9.67 Å². The van der Waals surface area contributed by atoms with Gasteiger partial charge < -0.3 is 5.32 Å². The van der Waals surface area contributed by atoms with Gasteiger partial charge in [0.15, 0.2) is 5.82 Å². The van der Waals surface area contributed by atoms with Crippen molar-refractivity contribution in [3.05, 3.63) is 75.7 Å². The normalized spacial score (nSPS) is 13.3. The van der Waals surface area contributed by atoms with E-state index < -0.39 is 6.04 Å². The molecule has 1 N–H and O–H groups in total. The molecule has 4 rings (SSSR count). The second kappa shape index (κ2) is 9.23. The lowest BCUT2D eigenvalue weighted by Gasteiger charge is -2.34. The van der Waals surface area contributed by atoms with Gasteiger partial charge in [-0.15, -0.1) is 5.10 Å². The molecule has 0 saturated carbocycles. The summed E-state index contributed by atoms with van der Waals surface area (Å²) in [6.45, 7) is 17.3. The predicted molar refractivity (Wildman–Crippen MR) is 144 cm³/mol. The Labute approximate surface area is 213 Å². The Morgan fingerprint density at radius 3 is 2.37 bits per heavy atom. The molecule has 2 aromatic carbocycles. The van der Waals surface area contributed by atoms with Crippen LogP contribution >= 0.6 is 11.6 Å². The smallest absolute Gasteiger partial charge is 0.178 e. The number of nitrogens with zero attached hydrogens (tertiary/aromatic N) is 5. The number of tetrazole rings is 1. The van der Waals surface area contributed by atoms with Crippen LogP contribution in [0.3, 0.4) is 0 Å². The fourth-order valence-corrected chi connectivity index (χ4v) is 5.20. The molecule has 0 spiro atoms. The third kappa shape index (κ3) is 5.48. The summed E-state index contributed by atoms with van der Waals surface area (Å²) in [5.74, 6) is 0.702. The van der Waals surface area contributed by atoms with E-state index in [0.717, 1.165) is 28.6 Å². The lowest BCUT2D eigenvalue weighted by molar-refractivity contribution is 0.190. The Kier molecular flexibility index (Phi) is 6.62. The van der Waals surface area contributed by atoms with Crippen molar-refractivity contribution in [2.75, 3.05) is 5.32 Å². The predicted octanol–water partition coefficient (Wildman–Crippen LogP) is 7.17. The molecule has 2 heterocycles. The summed E-state index contributed by atoms with van der Waals surface area (Å²) in [4.78, 5) is 4.72. The van der Waals surface area contributed by atoms with Gasteiger partial charge in [0, 0.05) is 16.6 Å². The highest BCUT2D eigenvalue weighted by Gasteiger charge is 2.34. The number of rotatable bonds is 6. The monoisotopic (exact) mass is 490 g/mol. The zero-order chi connectivity index (χ0) is 25.5. The number of aryl methyl sites for hydroxylation is 3. The Morgan fingerprint density at radius 2 is 1.69 bits per heavy atom. The van der Waals surface area contributed by atoms with E-state index in [1.807, 2.05) is 16.8 Å². The Balaban J connectivity index is 1.89. The number of nitrogens with one attached hydrogen (secondary N) is 1. The number of aromatic nitrogens is 5. The zero-order valence-corrected chi connectivity index (χ0v) is 22.7. The van der Waals surface area contributed by atoms with Crippen LogP contribution in [0.2, 0.25) is 5.15 Å². The molecule has 0 aliphatic carbocycles. The van der Waals surface area contributed by atoms with Crippen LogP contribution in [0.4, 0.5) is 5.69 Å². The Bertz CT molecular complexity index is 1370. The molecular formula is C28H35ClN6. The van der Waals surface area contributed by atoms with E-state index in [9.17, 15) is 0 Å². The van der Waals surface area contributed by atoms with Crippen LogP contribution in [-0.2, 0) is 5.54 Å². The number of fused-ring (bicyclic) bond motifs is 1. The van der Waals surface area contributed by atoms with Crippen LogP contribution in [0.15, 0.2) is 42.5 Å². The highest BCUT2D eigenvalue weighted by molar-refractivity contribution is 6.30. The molecule has 0 saturated heterocycles. The van der Waals surface area contributed by atoms with E-state index in [1.165, 1.54) is 16.7 Å². The highest BCUT2D eigenvalue weighted by Crippen LogP contribution is 2.37. The van der Waals surface area contributed by atoms with Crippen molar-refractivity contribution < 1.29 is 0 Å². The minimum absolute atomic E-state index is 0.101. The highest BCUT2D eigenvalue weighted by atomic mass is 35.5. The molecule has 184 valence electrons. The summed E-state index contributed by atoms with van der Waals surface area (Å²) in [6, 6.07) is 14.2. The van der Waals surface area contributed by atoms with Crippen molar-refractivity contribution in [2.24, 2.45) is 5.41 Å². The third-order valence-electron chi connectivity index (χ3n) is 6.37. The lowest BCUT2D eigenvalue weighted by Crippen LogP contribution is -2.35. The first-order valence-corrected chi connectivity index (χ1v) is 12.4. The summed E-state index contributed by atoms with van der Waals surface area (Å²) < 4.78 is 1.94. The standard InChI is InChI=1S/C28H35ClN6/c1-17-9-12-23-20(13-17)15-22(25(29)31-23)24(30-21-11-10-18(2)19(3)14-21)26-32-33-34-35(26)28(7,8)16-27(4,5)6/h9-15,24,30H,16H2,1-8H3. The lowest BCUT2D eigenvalue weighted by atomic mass is 9.81. The first-order valence-electron chi connectivity index (χ1n) is 12.0. The SMILES string of the molecule is Cc1ccc2nc(Cl)c(C(Nc3ccc(C)c(C)c3)c3nnnn3C(C)(C)CC(C)(C)C)cc2c1. The van der Waals surface area contributed by atoms with Crippen molar-refractivity contribution in [2.45, 2.75) is 73.4 Å². The van der Waals surface area contributed by atoms with E-state index in [4.69, 9.17) is 16.6 Å².